The van der Waals surface area contributed by atoms with E-state index in [1.165, 1.54) is 0 Å². The summed E-state index contributed by atoms with van der Waals surface area (Å²) in [4.78, 5) is 9.04. The average Bonchev–Trinajstić information content (AvgIpc) is 2.17. The molecule has 0 aliphatic rings. The molecule has 1 rings (SSSR count). The predicted molar refractivity (Wildman–Crippen MR) is 81.6 cm³/mol. The Balaban J connectivity index is 3.07. The van der Waals surface area contributed by atoms with Gasteiger partial charge in [-0.1, -0.05) is 46.2 Å². The quantitative estimate of drug-likeness (QED) is 0.576. The van der Waals surface area contributed by atoms with Crippen molar-refractivity contribution in [3.63, 3.8) is 0 Å². The summed E-state index contributed by atoms with van der Waals surface area (Å²) in [6.07, 6.45) is 2.00. The summed E-state index contributed by atoms with van der Waals surface area (Å²) in [6, 6.07) is 0. The first-order valence-corrected chi connectivity index (χ1v) is 7.40. The van der Waals surface area contributed by atoms with Gasteiger partial charge in [-0.05, 0) is 34.9 Å². The van der Waals surface area contributed by atoms with Crippen molar-refractivity contribution < 1.29 is 0 Å². The van der Waals surface area contributed by atoms with Gasteiger partial charge < -0.3 is 0 Å². The molecule has 0 amide bonds. The fourth-order valence-electron chi connectivity index (χ4n) is 1.49. The number of aromatic nitrogens is 2. The summed E-state index contributed by atoms with van der Waals surface area (Å²) >= 11 is 8.41. The van der Waals surface area contributed by atoms with Crippen LogP contribution in [0.1, 0.15) is 52.6 Å². The molecule has 0 aromatic carbocycles. The lowest BCUT2D eigenvalue weighted by Gasteiger charge is -2.20. The molecule has 0 unspecified atom stereocenters. The van der Waals surface area contributed by atoms with Crippen LogP contribution in [0.3, 0.4) is 0 Å². The van der Waals surface area contributed by atoms with E-state index < -0.39 is 0 Å². The molecule has 1 heterocycles. The van der Waals surface area contributed by atoms with Gasteiger partial charge in [0.2, 0.25) is 0 Å². The van der Waals surface area contributed by atoms with Crippen molar-refractivity contribution in [1.29, 1.82) is 0 Å². The van der Waals surface area contributed by atoms with Gasteiger partial charge in [0.25, 0.3) is 0 Å². The molecule has 0 fully saturated rings. The summed E-state index contributed by atoms with van der Waals surface area (Å²) in [5.41, 5.74) is 1.06. The zero-order valence-electron chi connectivity index (χ0n) is 11.1. The van der Waals surface area contributed by atoms with Gasteiger partial charge in [0.15, 0.2) is 0 Å². The minimum atomic E-state index is 0.00961. The maximum atomic E-state index is 6.18. The molecule has 0 saturated carbocycles. The summed E-state index contributed by atoms with van der Waals surface area (Å²) in [6.45, 7) is 10.9. The van der Waals surface area contributed by atoms with Crippen molar-refractivity contribution in [2.75, 3.05) is 0 Å². The Kier molecular flexibility index (Phi) is 5.20. The van der Waals surface area contributed by atoms with E-state index in [0.29, 0.717) is 11.1 Å². The third-order valence-electron chi connectivity index (χ3n) is 2.51. The SMILES string of the molecule is CC(C)CCc1nc(Cl)c(I)c(C(C)(C)C)n1. The summed E-state index contributed by atoms with van der Waals surface area (Å²) in [5.74, 6) is 1.53. The fourth-order valence-corrected chi connectivity index (χ4v) is 2.73. The van der Waals surface area contributed by atoms with Crippen molar-refractivity contribution in [3.8, 4) is 0 Å². The second-order valence-electron chi connectivity index (χ2n) is 5.78. The van der Waals surface area contributed by atoms with Gasteiger partial charge in [-0.15, -0.1) is 0 Å². The largest absolute Gasteiger partial charge is 0.236 e. The summed E-state index contributed by atoms with van der Waals surface area (Å²) in [5, 5.41) is 0.587. The van der Waals surface area contributed by atoms with E-state index in [1.807, 2.05) is 0 Å². The first-order valence-electron chi connectivity index (χ1n) is 5.94. The average molecular weight is 367 g/mol. The van der Waals surface area contributed by atoms with E-state index in [4.69, 9.17) is 11.6 Å². The standard InChI is InChI=1S/C13H20ClIN2/c1-8(2)6-7-9-16-11(13(3,4)5)10(15)12(14)17-9/h8H,6-7H2,1-5H3. The molecule has 1 aromatic heterocycles. The second kappa shape index (κ2) is 5.83. The summed E-state index contributed by atoms with van der Waals surface area (Å²) in [7, 11) is 0. The highest BCUT2D eigenvalue weighted by atomic mass is 127. The minimum absolute atomic E-state index is 0.00961. The zero-order valence-corrected chi connectivity index (χ0v) is 14.1. The van der Waals surface area contributed by atoms with Gasteiger partial charge in [0.1, 0.15) is 11.0 Å². The van der Waals surface area contributed by atoms with Crippen LogP contribution in [-0.4, -0.2) is 9.97 Å². The maximum Gasteiger partial charge on any atom is 0.146 e. The zero-order chi connectivity index (χ0) is 13.2. The number of halogens is 2. The topological polar surface area (TPSA) is 25.8 Å². The number of aryl methyl sites for hydroxylation is 1. The van der Waals surface area contributed by atoms with Gasteiger partial charge in [-0.2, -0.15) is 0 Å². The van der Waals surface area contributed by atoms with Gasteiger partial charge >= 0.3 is 0 Å². The molecule has 17 heavy (non-hydrogen) atoms. The van der Waals surface area contributed by atoms with Crippen LogP contribution in [0, 0.1) is 9.49 Å². The Hall–Kier alpha value is 0.1000. The van der Waals surface area contributed by atoms with E-state index >= 15 is 0 Å². The van der Waals surface area contributed by atoms with Crippen LogP contribution >= 0.6 is 34.2 Å². The van der Waals surface area contributed by atoms with Crippen molar-refractivity contribution in [3.05, 3.63) is 20.2 Å². The van der Waals surface area contributed by atoms with E-state index in [0.717, 1.165) is 27.9 Å². The Morgan fingerprint density at radius 3 is 2.29 bits per heavy atom. The number of nitrogens with zero attached hydrogens (tertiary/aromatic N) is 2. The molecule has 0 saturated heterocycles. The molecule has 4 heteroatoms. The summed E-state index contributed by atoms with van der Waals surface area (Å²) < 4.78 is 0.977. The van der Waals surface area contributed by atoms with Crippen molar-refractivity contribution in [2.24, 2.45) is 5.92 Å². The van der Waals surface area contributed by atoms with Crippen LogP contribution in [0.15, 0.2) is 0 Å². The molecular formula is C13H20ClIN2. The molecule has 0 aliphatic heterocycles. The molecule has 0 aliphatic carbocycles. The molecule has 0 spiro atoms. The van der Waals surface area contributed by atoms with Crippen molar-refractivity contribution >= 4 is 34.2 Å². The fraction of sp³-hybridized carbons (Fsp3) is 0.692. The molecule has 96 valence electrons. The lowest BCUT2D eigenvalue weighted by Crippen LogP contribution is -2.18. The number of rotatable bonds is 3. The van der Waals surface area contributed by atoms with Crippen LogP contribution in [0.2, 0.25) is 5.15 Å². The van der Waals surface area contributed by atoms with Crippen LogP contribution in [0.4, 0.5) is 0 Å². The van der Waals surface area contributed by atoms with E-state index in [1.54, 1.807) is 0 Å². The van der Waals surface area contributed by atoms with Gasteiger partial charge in [0.05, 0.1) is 9.26 Å². The maximum absolute atomic E-state index is 6.18. The van der Waals surface area contributed by atoms with Crippen LogP contribution in [0.5, 0.6) is 0 Å². The normalized spacial score (nSPS) is 12.2. The Morgan fingerprint density at radius 1 is 1.24 bits per heavy atom. The van der Waals surface area contributed by atoms with E-state index in [9.17, 15) is 0 Å². The monoisotopic (exact) mass is 366 g/mol. The van der Waals surface area contributed by atoms with Crippen LogP contribution < -0.4 is 0 Å². The Bertz CT molecular complexity index is 397. The highest BCUT2D eigenvalue weighted by Gasteiger charge is 2.22. The molecule has 0 atom stereocenters. The molecule has 0 radical (unpaired) electrons. The first kappa shape index (κ1) is 15.2. The number of hydrogen-bond donors (Lipinski definition) is 0. The molecule has 0 N–H and O–H groups in total. The van der Waals surface area contributed by atoms with Crippen molar-refractivity contribution in [2.45, 2.75) is 52.9 Å². The van der Waals surface area contributed by atoms with Crippen LogP contribution in [0.25, 0.3) is 0 Å². The highest BCUT2D eigenvalue weighted by Crippen LogP contribution is 2.29. The Morgan fingerprint density at radius 2 is 1.82 bits per heavy atom. The van der Waals surface area contributed by atoms with Crippen LogP contribution in [-0.2, 0) is 11.8 Å². The lowest BCUT2D eigenvalue weighted by atomic mass is 9.92. The molecule has 1 aromatic rings. The van der Waals surface area contributed by atoms with E-state index in [-0.39, 0.29) is 5.41 Å². The lowest BCUT2D eigenvalue weighted by molar-refractivity contribution is 0.542. The molecule has 2 nitrogen and oxygen atoms in total. The van der Waals surface area contributed by atoms with Gasteiger partial charge in [-0.25, -0.2) is 9.97 Å². The second-order valence-corrected chi connectivity index (χ2v) is 7.21. The van der Waals surface area contributed by atoms with E-state index in [2.05, 4.69) is 67.2 Å². The molecular weight excluding hydrogens is 347 g/mol. The van der Waals surface area contributed by atoms with Gasteiger partial charge in [-0.3, -0.25) is 0 Å². The Labute approximate surface area is 123 Å². The van der Waals surface area contributed by atoms with Gasteiger partial charge in [0, 0.05) is 11.8 Å². The highest BCUT2D eigenvalue weighted by molar-refractivity contribution is 14.1. The van der Waals surface area contributed by atoms with Crippen molar-refractivity contribution in [1.82, 2.24) is 9.97 Å². The number of hydrogen-bond acceptors (Lipinski definition) is 2. The first-order chi connectivity index (χ1) is 7.71. The minimum Gasteiger partial charge on any atom is -0.236 e. The molecule has 0 bridgehead atoms. The smallest absolute Gasteiger partial charge is 0.146 e. The third-order valence-corrected chi connectivity index (χ3v) is 4.13. The third kappa shape index (κ3) is 4.36. The predicted octanol–water partition coefficient (Wildman–Crippen LogP) is 4.62.